The van der Waals surface area contributed by atoms with Gasteiger partial charge in [0.05, 0.1) is 24.4 Å². The zero-order chi connectivity index (χ0) is 9.26. The van der Waals surface area contributed by atoms with Crippen LogP contribution in [0.15, 0.2) is 18.2 Å². The van der Waals surface area contributed by atoms with Crippen LogP contribution in [0.3, 0.4) is 0 Å². The Morgan fingerprint density at radius 2 is 2.08 bits per heavy atom. The highest BCUT2D eigenvalue weighted by molar-refractivity contribution is 5.84. The summed E-state index contributed by atoms with van der Waals surface area (Å²) in [5.41, 5.74) is 2.21. The van der Waals surface area contributed by atoms with Gasteiger partial charge in [-0.1, -0.05) is 12.1 Å². The molecule has 0 saturated heterocycles. The van der Waals surface area contributed by atoms with Crippen LogP contribution < -0.4 is 0 Å². The minimum Gasteiger partial charge on any atom is -0.392 e. The molecular formula is C9H10N2O2. The molecule has 0 atom stereocenters. The molecule has 4 nitrogen and oxygen atoms in total. The molecule has 0 bridgehead atoms. The molecule has 0 amide bonds. The highest BCUT2D eigenvalue weighted by Crippen LogP contribution is 2.20. The first-order valence-electron chi connectivity index (χ1n) is 4.03. The number of aliphatic hydroxyl groups is 2. The van der Waals surface area contributed by atoms with Crippen molar-refractivity contribution >= 4 is 10.9 Å². The molecule has 13 heavy (non-hydrogen) atoms. The molecule has 1 heterocycles. The molecule has 0 unspecified atom stereocenters. The van der Waals surface area contributed by atoms with Crippen molar-refractivity contribution in [3.05, 3.63) is 29.5 Å². The van der Waals surface area contributed by atoms with Gasteiger partial charge in [-0.15, -0.1) is 0 Å². The van der Waals surface area contributed by atoms with Gasteiger partial charge in [-0.3, -0.25) is 5.10 Å². The van der Waals surface area contributed by atoms with Crippen molar-refractivity contribution in [2.75, 3.05) is 0 Å². The number of hydrogen-bond acceptors (Lipinski definition) is 3. The van der Waals surface area contributed by atoms with Crippen LogP contribution in [0.2, 0.25) is 0 Å². The van der Waals surface area contributed by atoms with Crippen molar-refractivity contribution in [1.29, 1.82) is 0 Å². The van der Waals surface area contributed by atoms with Gasteiger partial charge in [0.25, 0.3) is 0 Å². The normalized spacial score (nSPS) is 10.9. The van der Waals surface area contributed by atoms with E-state index in [1.807, 2.05) is 18.2 Å². The Hall–Kier alpha value is -1.39. The fourth-order valence-corrected chi connectivity index (χ4v) is 1.46. The van der Waals surface area contributed by atoms with E-state index >= 15 is 0 Å². The standard InChI is InChI=1S/C9H10N2O2/c12-4-6-2-1-3-7-9(6)8(5-13)11-10-7/h1-3,12-13H,4-5H2,(H,10,11). The average molecular weight is 178 g/mol. The zero-order valence-electron chi connectivity index (χ0n) is 6.99. The predicted molar refractivity (Wildman–Crippen MR) is 47.9 cm³/mol. The maximum absolute atomic E-state index is 9.05. The Kier molecular flexibility index (Phi) is 2.00. The molecule has 1 aromatic carbocycles. The SMILES string of the molecule is OCc1cccc2n[nH]c(CO)c12. The van der Waals surface area contributed by atoms with Crippen molar-refractivity contribution in [2.45, 2.75) is 13.2 Å². The van der Waals surface area contributed by atoms with E-state index in [4.69, 9.17) is 10.2 Å². The number of rotatable bonds is 2. The van der Waals surface area contributed by atoms with Crippen LogP contribution in [0.1, 0.15) is 11.3 Å². The summed E-state index contributed by atoms with van der Waals surface area (Å²) in [7, 11) is 0. The van der Waals surface area contributed by atoms with Gasteiger partial charge in [0, 0.05) is 5.39 Å². The molecule has 0 saturated carbocycles. The van der Waals surface area contributed by atoms with E-state index < -0.39 is 0 Å². The predicted octanol–water partition coefficient (Wildman–Crippen LogP) is 0.547. The highest BCUT2D eigenvalue weighted by atomic mass is 16.3. The summed E-state index contributed by atoms with van der Waals surface area (Å²) >= 11 is 0. The number of aliphatic hydroxyl groups excluding tert-OH is 2. The lowest BCUT2D eigenvalue weighted by molar-refractivity contribution is 0.275. The van der Waals surface area contributed by atoms with Gasteiger partial charge in [0.2, 0.25) is 0 Å². The lowest BCUT2D eigenvalue weighted by Crippen LogP contribution is -1.88. The van der Waals surface area contributed by atoms with Gasteiger partial charge < -0.3 is 10.2 Å². The summed E-state index contributed by atoms with van der Waals surface area (Å²) in [4.78, 5) is 0. The van der Waals surface area contributed by atoms with Gasteiger partial charge in [0.1, 0.15) is 0 Å². The Morgan fingerprint density at radius 1 is 1.23 bits per heavy atom. The number of nitrogens with one attached hydrogen (secondary N) is 1. The topological polar surface area (TPSA) is 69.1 Å². The minimum absolute atomic E-state index is 0.0378. The highest BCUT2D eigenvalue weighted by Gasteiger charge is 2.07. The van der Waals surface area contributed by atoms with Crippen LogP contribution in [0.4, 0.5) is 0 Å². The Bertz CT molecular complexity index is 422. The Labute approximate surface area is 74.8 Å². The summed E-state index contributed by atoms with van der Waals surface area (Å²) in [6.45, 7) is -0.128. The van der Waals surface area contributed by atoms with E-state index in [2.05, 4.69) is 10.2 Å². The molecule has 0 aliphatic rings. The van der Waals surface area contributed by atoms with Crippen LogP contribution >= 0.6 is 0 Å². The minimum atomic E-state index is -0.0898. The zero-order valence-corrected chi connectivity index (χ0v) is 6.99. The van der Waals surface area contributed by atoms with Crippen LogP contribution in [0, 0.1) is 0 Å². The van der Waals surface area contributed by atoms with E-state index in [0.717, 1.165) is 16.5 Å². The van der Waals surface area contributed by atoms with Crippen LogP contribution in [0.5, 0.6) is 0 Å². The van der Waals surface area contributed by atoms with Crippen LogP contribution in [0.25, 0.3) is 10.9 Å². The quantitative estimate of drug-likeness (QED) is 0.629. The number of fused-ring (bicyclic) bond motifs is 1. The molecule has 0 aliphatic heterocycles. The van der Waals surface area contributed by atoms with Crippen LogP contribution in [-0.2, 0) is 13.2 Å². The van der Waals surface area contributed by atoms with Crippen molar-refractivity contribution < 1.29 is 10.2 Å². The summed E-state index contributed by atoms with van der Waals surface area (Å²) in [5.74, 6) is 0. The molecular weight excluding hydrogens is 168 g/mol. The number of benzene rings is 1. The monoisotopic (exact) mass is 178 g/mol. The first-order chi connectivity index (χ1) is 6.36. The first kappa shape index (κ1) is 8.22. The summed E-state index contributed by atoms with van der Waals surface area (Å²) < 4.78 is 0. The second-order valence-corrected chi connectivity index (χ2v) is 2.83. The van der Waals surface area contributed by atoms with Crippen molar-refractivity contribution in [3.63, 3.8) is 0 Å². The van der Waals surface area contributed by atoms with Gasteiger partial charge in [-0.25, -0.2) is 0 Å². The third-order valence-electron chi connectivity index (χ3n) is 2.07. The first-order valence-corrected chi connectivity index (χ1v) is 4.03. The second kappa shape index (κ2) is 3.16. The largest absolute Gasteiger partial charge is 0.392 e. The molecule has 0 aliphatic carbocycles. The molecule has 4 heteroatoms. The number of aromatic nitrogens is 2. The van der Waals surface area contributed by atoms with Gasteiger partial charge in [-0.2, -0.15) is 5.10 Å². The van der Waals surface area contributed by atoms with E-state index in [1.165, 1.54) is 0 Å². The maximum atomic E-state index is 9.05. The molecule has 2 aromatic rings. The average Bonchev–Trinajstić information content (AvgIpc) is 2.60. The van der Waals surface area contributed by atoms with Gasteiger partial charge >= 0.3 is 0 Å². The number of H-pyrrole nitrogens is 1. The van der Waals surface area contributed by atoms with E-state index in [-0.39, 0.29) is 13.2 Å². The van der Waals surface area contributed by atoms with Gasteiger partial charge in [0.15, 0.2) is 0 Å². The van der Waals surface area contributed by atoms with E-state index in [9.17, 15) is 0 Å². The van der Waals surface area contributed by atoms with Crippen LogP contribution in [-0.4, -0.2) is 20.4 Å². The van der Waals surface area contributed by atoms with Crippen molar-refractivity contribution in [1.82, 2.24) is 10.2 Å². The van der Waals surface area contributed by atoms with Crippen molar-refractivity contribution in [2.24, 2.45) is 0 Å². The second-order valence-electron chi connectivity index (χ2n) is 2.83. The molecule has 2 rings (SSSR count). The molecule has 68 valence electrons. The number of nitrogens with zero attached hydrogens (tertiary/aromatic N) is 1. The smallest absolute Gasteiger partial charge is 0.0928 e. The fourth-order valence-electron chi connectivity index (χ4n) is 1.46. The summed E-state index contributed by atoms with van der Waals surface area (Å²) in [5, 5.41) is 25.6. The van der Waals surface area contributed by atoms with E-state index in [1.54, 1.807) is 0 Å². The maximum Gasteiger partial charge on any atom is 0.0928 e. The molecule has 3 N–H and O–H groups in total. The lowest BCUT2D eigenvalue weighted by Gasteiger charge is -1.98. The molecule has 1 aromatic heterocycles. The fraction of sp³-hybridized carbons (Fsp3) is 0.222. The molecule has 0 spiro atoms. The van der Waals surface area contributed by atoms with Crippen molar-refractivity contribution in [3.8, 4) is 0 Å². The lowest BCUT2D eigenvalue weighted by atomic mass is 10.1. The number of aromatic amines is 1. The van der Waals surface area contributed by atoms with E-state index in [0.29, 0.717) is 5.69 Å². The summed E-state index contributed by atoms with van der Waals surface area (Å²) in [6, 6.07) is 5.48. The molecule has 0 radical (unpaired) electrons. The third kappa shape index (κ3) is 1.20. The summed E-state index contributed by atoms with van der Waals surface area (Å²) in [6.07, 6.45) is 0. The van der Waals surface area contributed by atoms with Gasteiger partial charge in [-0.05, 0) is 11.6 Å². The number of hydrogen-bond donors (Lipinski definition) is 3. The third-order valence-corrected chi connectivity index (χ3v) is 2.07. The Morgan fingerprint density at radius 3 is 2.77 bits per heavy atom. The molecule has 0 fully saturated rings. The Balaban J connectivity index is 2.76.